The van der Waals surface area contributed by atoms with Crippen LogP contribution in [-0.4, -0.2) is 21.8 Å². The fraction of sp³-hybridized carbons (Fsp3) is 0.0952. The highest BCUT2D eigenvalue weighted by molar-refractivity contribution is 8.26. The van der Waals surface area contributed by atoms with Crippen LogP contribution in [0.3, 0.4) is 0 Å². The molecule has 2 heterocycles. The smallest absolute Gasteiger partial charge is 0.263 e. The fourth-order valence-corrected chi connectivity index (χ4v) is 3.69. The average Bonchev–Trinajstić information content (AvgIpc) is 3.30. The first-order valence-electron chi connectivity index (χ1n) is 8.65. The Hall–Kier alpha value is -2.90. The molecule has 1 amide bonds. The minimum Gasteiger partial charge on any atom is -0.493 e. The molecule has 0 atom stereocenters. The minimum absolute atomic E-state index is 0.155. The van der Waals surface area contributed by atoms with Crippen LogP contribution >= 0.6 is 24.0 Å². The Labute approximate surface area is 171 Å². The molecule has 1 aliphatic rings. The monoisotopic (exact) mass is 408 g/mol. The van der Waals surface area contributed by atoms with Crippen molar-refractivity contribution in [1.29, 1.82) is 0 Å². The van der Waals surface area contributed by atoms with E-state index in [0.29, 0.717) is 28.1 Å². The molecule has 0 unspecified atom stereocenters. The van der Waals surface area contributed by atoms with Gasteiger partial charge in [0, 0.05) is 12.0 Å². The van der Waals surface area contributed by atoms with Crippen LogP contribution in [0.15, 0.2) is 70.2 Å². The number of ether oxygens (including phenoxy) is 1. The molecule has 4 rings (SSSR count). The van der Waals surface area contributed by atoms with Gasteiger partial charge in [0.05, 0.1) is 17.2 Å². The van der Waals surface area contributed by atoms with Crippen molar-refractivity contribution in [2.45, 2.75) is 6.42 Å². The van der Waals surface area contributed by atoms with E-state index in [4.69, 9.17) is 21.4 Å². The number of hydrogen-bond donors (Lipinski definition) is 1. The first-order valence-corrected chi connectivity index (χ1v) is 9.87. The number of carbonyl (C=O) groups excluding carboxylic acids is 1. The van der Waals surface area contributed by atoms with E-state index in [-0.39, 0.29) is 5.91 Å². The third-order valence-corrected chi connectivity index (χ3v) is 5.18. The lowest BCUT2D eigenvalue weighted by atomic mass is 10.2. The second-order valence-electron chi connectivity index (χ2n) is 6.03. The largest absolute Gasteiger partial charge is 0.493 e. The van der Waals surface area contributed by atoms with Gasteiger partial charge in [0.15, 0.2) is 0 Å². The Morgan fingerprint density at radius 2 is 1.93 bits per heavy atom. The number of aromatic nitrogens is 1. The van der Waals surface area contributed by atoms with Gasteiger partial charge < -0.3 is 14.5 Å². The number of nitrogens with one attached hydrogen (secondary N) is 1. The lowest BCUT2D eigenvalue weighted by Gasteiger charge is -2.05. The molecule has 1 aromatic heterocycles. The van der Waals surface area contributed by atoms with E-state index in [1.165, 1.54) is 11.8 Å². The number of amides is 1. The van der Waals surface area contributed by atoms with Crippen LogP contribution in [-0.2, 0) is 11.2 Å². The number of hydrogen-bond acceptors (Lipinski definition) is 6. The standard InChI is InChI=1S/C21H16N2O3S2/c24-19-18(28-21(27)23-19)12-14-6-8-17(9-7-14)25-11-10-16-13-26-20(22-16)15-4-2-1-3-5-15/h1-9,12-13H,10-11H2,(H,23,24,27)/b18-12-. The summed E-state index contributed by atoms with van der Waals surface area (Å²) in [5.41, 5.74) is 2.72. The predicted molar refractivity (Wildman–Crippen MR) is 114 cm³/mol. The van der Waals surface area contributed by atoms with Gasteiger partial charge in [-0.05, 0) is 35.9 Å². The number of oxazole rings is 1. The molecule has 140 valence electrons. The van der Waals surface area contributed by atoms with E-state index in [2.05, 4.69) is 10.3 Å². The zero-order valence-electron chi connectivity index (χ0n) is 14.8. The molecular weight excluding hydrogens is 392 g/mol. The molecular formula is C21H16N2O3S2. The van der Waals surface area contributed by atoms with Crippen molar-refractivity contribution in [2.24, 2.45) is 0 Å². The van der Waals surface area contributed by atoms with Gasteiger partial charge in [-0.1, -0.05) is 54.3 Å². The maximum absolute atomic E-state index is 11.7. The van der Waals surface area contributed by atoms with Gasteiger partial charge in [-0.3, -0.25) is 4.79 Å². The lowest BCUT2D eigenvalue weighted by Crippen LogP contribution is -2.17. The quantitative estimate of drug-likeness (QED) is 0.480. The van der Waals surface area contributed by atoms with Crippen molar-refractivity contribution in [3.63, 3.8) is 0 Å². The Morgan fingerprint density at radius 1 is 1.14 bits per heavy atom. The van der Waals surface area contributed by atoms with Crippen molar-refractivity contribution in [1.82, 2.24) is 10.3 Å². The molecule has 0 saturated carbocycles. The van der Waals surface area contributed by atoms with Gasteiger partial charge in [-0.15, -0.1) is 0 Å². The highest BCUT2D eigenvalue weighted by atomic mass is 32.2. The topological polar surface area (TPSA) is 64.4 Å². The zero-order chi connectivity index (χ0) is 19.3. The van der Waals surface area contributed by atoms with Crippen LogP contribution in [0.2, 0.25) is 0 Å². The Kier molecular flexibility index (Phi) is 5.55. The zero-order valence-corrected chi connectivity index (χ0v) is 16.4. The number of thiocarbonyl (C=S) groups is 1. The van der Waals surface area contributed by atoms with Crippen LogP contribution < -0.4 is 10.1 Å². The van der Waals surface area contributed by atoms with Crippen LogP contribution in [0.5, 0.6) is 5.75 Å². The summed E-state index contributed by atoms with van der Waals surface area (Å²) in [5.74, 6) is 1.21. The third-order valence-electron chi connectivity index (χ3n) is 4.02. The Bertz CT molecular complexity index is 1030. The molecule has 0 bridgehead atoms. The minimum atomic E-state index is -0.155. The molecule has 5 nitrogen and oxygen atoms in total. The molecule has 0 spiro atoms. The molecule has 0 aliphatic carbocycles. The molecule has 1 N–H and O–H groups in total. The summed E-state index contributed by atoms with van der Waals surface area (Å²) in [7, 11) is 0. The number of thioether (sulfide) groups is 1. The highest BCUT2D eigenvalue weighted by Gasteiger charge is 2.21. The van der Waals surface area contributed by atoms with E-state index in [0.717, 1.165) is 22.6 Å². The van der Waals surface area contributed by atoms with E-state index in [1.807, 2.05) is 60.7 Å². The van der Waals surface area contributed by atoms with Gasteiger partial charge in [-0.2, -0.15) is 0 Å². The summed E-state index contributed by atoms with van der Waals surface area (Å²) in [6, 6.07) is 17.3. The number of carbonyl (C=O) groups is 1. The molecule has 7 heteroatoms. The first-order chi connectivity index (χ1) is 13.7. The summed E-state index contributed by atoms with van der Waals surface area (Å²) in [6.07, 6.45) is 4.12. The van der Waals surface area contributed by atoms with Crippen molar-refractivity contribution < 1.29 is 13.9 Å². The molecule has 3 aromatic rings. The van der Waals surface area contributed by atoms with Crippen LogP contribution in [0, 0.1) is 0 Å². The second kappa shape index (κ2) is 8.41. The predicted octanol–water partition coefficient (Wildman–Crippen LogP) is 4.45. The van der Waals surface area contributed by atoms with Gasteiger partial charge >= 0.3 is 0 Å². The third kappa shape index (κ3) is 4.49. The molecule has 2 aromatic carbocycles. The van der Waals surface area contributed by atoms with Crippen molar-refractivity contribution >= 4 is 40.3 Å². The maximum Gasteiger partial charge on any atom is 0.263 e. The van der Waals surface area contributed by atoms with Gasteiger partial charge in [0.2, 0.25) is 5.89 Å². The molecule has 1 saturated heterocycles. The van der Waals surface area contributed by atoms with E-state index in [9.17, 15) is 4.79 Å². The number of benzene rings is 2. The number of nitrogens with zero attached hydrogens (tertiary/aromatic N) is 1. The highest BCUT2D eigenvalue weighted by Crippen LogP contribution is 2.26. The molecule has 1 aliphatic heterocycles. The van der Waals surface area contributed by atoms with Gasteiger partial charge in [0.25, 0.3) is 5.91 Å². The fourth-order valence-electron chi connectivity index (χ4n) is 2.64. The van der Waals surface area contributed by atoms with E-state index < -0.39 is 0 Å². The van der Waals surface area contributed by atoms with Crippen molar-refractivity contribution in [3.05, 3.63) is 77.0 Å². The Morgan fingerprint density at radius 3 is 2.64 bits per heavy atom. The van der Waals surface area contributed by atoms with Gasteiger partial charge in [-0.25, -0.2) is 4.98 Å². The SMILES string of the molecule is O=C1NC(=S)S/C1=C\c1ccc(OCCc2coc(-c3ccccc3)n2)cc1. The summed E-state index contributed by atoms with van der Waals surface area (Å²) in [5, 5.41) is 2.60. The van der Waals surface area contributed by atoms with Crippen molar-refractivity contribution in [3.8, 4) is 17.2 Å². The molecule has 28 heavy (non-hydrogen) atoms. The maximum atomic E-state index is 11.7. The second-order valence-corrected chi connectivity index (χ2v) is 7.75. The van der Waals surface area contributed by atoms with Gasteiger partial charge in [0.1, 0.15) is 16.3 Å². The number of rotatable bonds is 6. The Balaban J connectivity index is 1.31. The van der Waals surface area contributed by atoms with Crippen LogP contribution in [0.25, 0.3) is 17.5 Å². The van der Waals surface area contributed by atoms with Crippen LogP contribution in [0.1, 0.15) is 11.3 Å². The van der Waals surface area contributed by atoms with E-state index >= 15 is 0 Å². The molecule has 0 radical (unpaired) electrons. The first kappa shape index (κ1) is 18.5. The lowest BCUT2D eigenvalue weighted by molar-refractivity contribution is -0.115. The summed E-state index contributed by atoms with van der Waals surface area (Å²) in [4.78, 5) is 16.8. The molecule has 1 fully saturated rings. The summed E-state index contributed by atoms with van der Waals surface area (Å²) < 4.78 is 11.8. The summed E-state index contributed by atoms with van der Waals surface area (Å²) in [6.45, 7) is 0.494. The van der Waals surface area contributed by atoms with Crippen molar-refractivity contribution in [2.75, 3.05) is 6.61 Å². The normalized spacial score (nSPS) is 15.1. The average molecular weight is 409 g/mol. The summed E-state index contributed by atoms with van der Waals surface area (Å²) >= 11 is 6.26. The van der Waals surface area contributed by atoms with Crippen LogP contribution in [0.4, 0.5) is 0 Å². The van der Waals surface area contributed by atoms with E-state index in [1.54, 1.807) is 6.26 Å².